The molecule has 0 radical (unpaired) electrons. The quantitative estimate of drug-likeness (QED) is 0.752. The van der Waals surface area contributed by atoms with Gasteiger partial charge >= 0.3 is 0 Å². The van der Waals surface area contributed by atoms with Gasteiger partial charge in [-0.3, -0.25) is 4.79 Å². The minimum atomic E-state index is -0.443. The predicted octanol–water partition coefficient (Wildman–Crippen LogP) is 1.85. The lowest BCUT2D eigenvalue weighted by atomic mass is 10.1. The van der Waals surface area contributed by atoms with E-state index in [-0.39, 0.29) is 11.5 Å². The molecule has 4 nitrogen and oxygen atoms in total. The molecule has 1 aliphatic heterocycles. The molecule has 0 bridgehead atoms. The minimum absolute atomic E-state index is 0.169. The molecular weight excluding hydrogens is 317 g/mol. The van der Waals surface area contributed by atoms with Crippen LogP contribution in [0.2, 0.25) is 0 Å². The summed E-state index contributed by atoms with van der Waals surface area (Å²) >= 11 is 0. The van der Waals surface area contributed by atoms with Crippen molar-refractivity contribution in [3.8, 4) is 0 Å². The molecule has 0 atom stereocenters. The molecule has 1 aromatic heterocycles. The zero-order valence-corrected chi connectivity index (χ0v) is 14.0. The second-order valence-corrected chi connectivity index (χ2v) is 6.56. The van der Waals surface area contributed by atoms with Crippen molar-refractivity contribution in [3.63, 3.8) is 0 Å². The maximum Gasteiger partial charge on any atom is 0.257 e. The van der Waals surface area contributed by atoms with E-state index in [1.54, 1.807) is 23.1 Å². The summed E-state index contributed by atoms with van der Waals surface area (Å²) in [6, 6.07) is 14.5. The van der Waals surface area contributed by atoms with Crippen molar-refractivity contribution in [1.82, 2.24) is 9.88 Å². The van der Waals surface area contributed by atoms with Crippen LogP contribution < -0.4 is 4.90 Å². The first-order valence-electron chi connectivity index (χ1n) is 8.65. The Labute approximate surface area is 145 Å². The molecule has 3 aromatic rings. The fraction of sp³-hybridized carbons (Fsp3) is 0.250. The predicted molar refractivity (Wildman–Crippen MR) is 95.0 cm³/mol. The molecule has 1 amide bonds. The van der Waals surface area contributed by atoms with Crippen LogP contribution in [-0.4, -0.2) is 42.0 Å². The molecule has 1 aliphatic rings. The maximum absolute atomic E-state index is 13.8. The number of hydrogen-bond donors (Lipinski definition) is 2. The first kappa shape index (κ1) is 15.8. The van der Waals surface area contributed by atoms with Crippen LogP contribution in [0.1, 0.15) is 15.9 Å². The number of aromatic amines is 1. The number of fused-ring (bicyclic) bond motifs is 1. The molecule has 4 rings (SSSR count). The largest absolute Gasteiger partial charge is 0.361 e. The summed E-state index contributed by atoms with van der Waals surface area (Å²) in [6.07, 6.45) is 2.08. The van der Waals surface area contributed by atoms with Gasteiger partial charge in [-0.05, 0) is 18.2 Å². The highest BCUT2D eigenvalue weighted by Crippen LogP contribution is 2.16. The Morgan fingerprint density at radius 3 is 2.60 bits per heavy atom. The lowest BCUT2D eigenvalue weighted by Gasteiger charge is -2.32. The van der Waals surface area contributed by atoms with Crippen molar-refractivity contribution in [2.24, 2.45) is 0 Å². The Morgan fingerprint density at radius 2 is 1.80 bits per heavy atom. The van der Waals surface area contributed by atoms with E-state index in [9.17, 15) is 9.18 Å². The van der Waals surface area contributed by atoms with Gasteiger partial charge in [0.2, 0.25) is 0 Å². The molecule has 0 spiro atoms. The van der Waals surface area contributed by atoms with Crippen molar-refractivity contribution in [2.45, 2.75) is 6.54 Å². The number of benzene rings is 2. The Hall–Kier alpha value is -2.66. The highest BCUT2D eigenvalue weighted by atomic mass is 19.1. The highest BCUT2D eigenvalue weighted by molar-refractivity contribution is 5.94. The van der Waals surface area contributed by atoms with Crippen molar-refractivity contribution in [2.75, 3.05) is 26.2 Å². The second-order valence-electron chi connectivity index (χ2n) is 6.56. The summed E-state index contributed by atoms with van der Waals surface area (Å²) in [5, 5.41) is 1.26. The number of hydrogen-bond acceptors (Lipinski definition) is 1. The van der Waals surface area contributed by atoms with Gasteiger partial charge in [-0.25, -0.2) is 4.39 Å². The van der Waals surface area contributed by atoms with Crippen LogP contribution in [-0.2, 0) is 6.54 Å². The molecule has 128 valence electrons. The number of para-hydroxylation sites is 1. The summed E-state index contributed by atoms with van der Waals surface area (Å²) in [4.78, 5) is 19.0. The summed E-state index contributed by atoms with van der Waals surface area (Å²) in [5.41, 5.74) is 2.63. The monoisotopic (exact) mass is 338 g/mol. The van der Waals surface area contributed by atoms with Gasteiger partial charge in [-0.2, -0.15) is 0 Å². The molecule has 1 saturated heterocycles. The van der Waals surface area contributed by atoms with Crippen LogP contribution in [0.15, 0.2) is 54.7 Å². The molecule has 2 aromatic carbocycles. The standard InChI is InChI=1S/C20H20FN3O/c21-18-7-3-1-6-17(18)20(25)24-11-9-23(10-12-24)14-15-13-22-19-8-4-2-5-16(15)19/h1-8,13,22H,9-12,14H2/p+1. The number of nitrogens with one attached hydrogen (secondary N) is 2. The van der Waals surface area contributed by atoms with E-state index in [1.807, 2.05) is 6.07 Å². The van der Waals surface area contributed by atoms with Crippen LogP contribution in [0.5, 0.6) is 0 Å². The molecule has 0 saturated carbocycles. The SMILES string of the molecule is O=C(c1ccccc1F)N1CC[NH+](Cc2c[nH]c3ccccc23)CC1. The van der Waals surface area contributed by atoms with E-state index >= 15 is 0 Å². The number of halogens is 1. The zero-order chi connectivity index (χ0) is 17.2. The summed E-state index contributed by atoms with van der Waals surface area (Å²) < 4.78 is 13.8. The van der Waals surface area contributed by atoms with Gasteiger partial charge in [0.1, 0.15) is 12.4 Å². The fourth-order valence-corrected chi connectivity index (χ4v) is 3.56. The van der Waals surface area contributed by atoms with E-state index in [4.69, 9.17) is 0 Å². The van der Waals surface area contributed by atoms with Gasteiger partial charge < -0.3 is 14.8 Å². The maximum atomic E-state index is 13.8. The third kappa shape index (κ3) is 3.15. The van der Waals surface area contributed by atoms with E-state index in [0.717, 1.165) is 25.2 Å². The number of piperazine rings is 1. The van der Waals surface area contributed by atoms with Crippen LogP contribution in [0.3, 0.4) is 0 Å². The topological polar surface area (TPSA) is 40.5 Å². The Kier molecular flexibility index (Phi) is 4.24. The van der Waals surface area contributed by atoms with Crippen LogP contribution >= 0.6 is 0 Å². The van der Waals surface area contributed by atoms with E-state index in [1.165, 1.54) is 21.9 Å². The van der Waals surface area contributed by atoms with Crippen molar-refractivity contribution in [1.29, 1.82) is 0 Å². The number of H-pyrrole nitrogens is 1. The van der Waals surface area contributed by atoms with Gasteiger partial charge in [-0.15, -0.1) is 0 Å². The normalized spacial score (nSPS) is 15.6. The molecule has 1 fully saturated rings. The lowest BCUT2D eigenvalue weighted by Crippen LogP contribution is -3.13. The van der Waals surface area contributed by atoms with E-state index in [2.05, 4.69) is 29.4 Å². The summed E-state index contributed by atoms with van der Waals surface area (Å²) in [7, 11) is 0. The minimum Gasteiger partial charge on any atom is -0.361 e. The number of rotatable bonds is 3. The van der Waals surface area contributed by atoms with Gasteiger partial charge in [-0.1, -0.05) is 30.3 Å². The second kappa shape index (κ2) is 6.69. The van der Waals surface area contributed by atoms with Crippen LogP contribution in [0.4, 0.5) is 4.39 Å². The van der Waals surface area contributed by atoms with Crippen molar-refractivity contribution >= 4 is 16.8 Å². The number of carbonyl (C=O) groups excluding carboxylic acids is 1. The number of amides is 1. The lowest BCUT2D eigenvalue weighted by molar-refractivity contribution is -0.917. The Balaban J connectivity index is 1.40. The average Bonchev–Trinajstić information content (AvgIpc) is 3.05. The van der Waals surface area contributed by atoms with Crippen molar-refractivity contribution in [3.05, 3.63) is 71.7 Å². The number of carbonyl (C=O) groups is 1. The zero-order valence-electron chi connectivity index (χ0n) is 14.0. The highest BCUT2D eigenvalue weighted by Gasteiger charge is 2.26. The Bertz CT molecular complexity index is 897. The van der Waals surface area contributed by atoms with Gasteiger partial charge in [0.15, 0.2) is 0 Å². The Morgan fingerprint density at radius 1 is 1.08 bits per heavy atom. The molecule has 25 heavy (non-hydrogen) atoms. The smallest absolute Gasteiger partial charge is 0.257 e. The summed E-state index contributed by atoms with van der Waals surface area (Å²) in [6.45, 7) is 4.00. The van der Waals surface area contributed by atoms with Crippen LogP contribution in [0, 0.1) is 5.82 Å². The third-order valence-corrected chi connectivity index (χ3v) is 4.98. The number of aromatic nitrogens is 1. The molecular formula is C20H21FN3O+. The molecule has 0 unspecified atom stereocenters. The average molecular weight is 338 g/mol. The third-order valence-electron chi connectivity index (χ3n) is 4.98. The molecule has 5 heteroatoms. The van der Waals surface area contributed by atoms with Gasteiger partial charge in [0.25, 0.3) is 5.91 Å². The first-order chi connectivity index (χ1) is 12.2. The van der Waals surface area contributed by atoms with Gasteiger partial charge in [0.05, 0.1) is 31.7 Å². The molecule has 0 aliphatic carbocycles. The first-order valence-corrected chi connectivity index (χ1v) is 8.65. The molecule has 2 heterocycles. The van der Waals surface area contributed by atoms with Gasteiger partial charge in [0, 0.05) is 22.7 Å². The van der Waals surface area contributed by atoms with E-state index < -0.39 is 5.82 Å². The number of nitrogens with zero attached hydrogens (tertiary/aromatic N) is 1. The van der Waals surface area contributed by atoms with E-state index in [0.29, 0.717) is 13.1 Å². The molecule has 2 N–H and O–H groups in total. The van der Waals surface area contributed by atoms with Crippen molar-refractivity contribution < 1.29 is 14.1 Å². The number of quaternary nitrogens is 1. The fourth-order valence-electron chi connectivity index (χ4n) is 3.56. The summed E-state index contributed by atoms with van der Waals surface area (Å²) in [5.74, 6) is -0.648. The van der Waals surface area contributed by atoms with Crippen LogP contribution in [0.25, 0.3) is 10.9 Å².